The summed E-state index contributed by atoms with van der Waals surface area (Å²) in [5, 5.41) is 11.3. The van der Waals surface area contributed by atoms with E-state index >= 15 is 0 Å². The van der Waals surface area contributed by atoms with Crippen molar-refractivity contribution in [2.75, 3.05) is 25.2 Å². The molecular weight excluding hydrogens is 504 g/mol. The number of carbonyl (C=O) groups excluding carboxylic acids is 1. The van der Waals surface area contributed by atoms with Crippen molar-refractivity contribution in [3.63, 3.8) is 0 Å². The Morgan fingerprint density at radius 1 is 1.36 bits per heavy atom. The summed E-state index contributed by atoms with van der Waals surface area (Å²) in [6.45, 7) is 3.34. The number of hydrogen-bond donors (Lipinski definition) is 1. The summed E-state index contributed by atoms with van der Waals surface area (Å²) < 4.78 is 35.0. The summed E-state index contributed by atoms with van der Waals surface area (Å²) >= 11 is 1.37. The van der Waals surface area contributed by atoms with E-state index in [4.69, 9.17) is 14.1 Å². The summed E-state index contributed by atoms with van der Waals surface area (Å²) in [6, 6.07) is 1.96. The molecule has 13 heteroatoms. The molecule has 0 spiro atoms. The van der Waals surface area contributed by atoms with Gasteiger partial charge in [0.1, 0.15) is 18.2 Å². The van der Waals surface area contributed by atoms with Gasteiger partial charge in [0.15, 0.2) is 0 Å². The first-order valence-electron chi connectivity index (χ1n) is 11.7. The van der Waals surface area contributed by atoms with Crippen molar-refractivity contribution in [1.82, 2.24) is 19.7 Å². The number of aromatic nitrogens is 4. The Balaban J connectivity index is 1.34. The van der Waals surface area contributed by atoms with E-state index in [9.17, 15) is 13.2 Å². The Kier molecular flexibility index (Phi) is 6.92. The molecule has 3 aromatic heterocycles. The SMILES string of the molecule is Cc1cnn2c1C(c1csc(C(=O)c3cncnc3N(C)[C@H]3CC[C@@H](COS(N)(=O)=O)C3)c1)OCC2. The van der Waals surface area contributed by atoms with Gasteiger partial charge in [-0.05, 0) is 54.7 Å². The molecule has 11 nitrogen and oxygen atoms in total. The number of anilines is 1. The lowest BCUT2D eigenvalue weighted by molar-refractivity contribution is 0.0420. The summed E-state index contributed by atoms with van der Waals surface area (Å²) in [5.41, 5.74) is 3.42. The first kappa shape index (κ1) is 25.0. The number of aryl methyl sites for hydroxylation is 1. The lowest BCUT2D eigenvalue weighted by Crippen LogP contribution is -2.32. The number of carbonyl (C=O) groups is 1. The first-order valence-corrected chi connectivity index (χ1v) is 14.0. The van der Waals surface area contributed by atoms with Crippen molar-refractivity contribution >= 4 is 33.2 Å². The van der Waals surface area contributed by atoms with E-state index in [2.05, 4.69) is 15.1 Å². The predicted molar refractivity (Wildman–Crippen MR) is 133 cm³/mol. The molecule has 1 unspecified atom stereocenters. The average molecular weight is 533 g/mol. The van der Waals surface area contributed by atoms with Gasteiger partial charge in [-0.1, -0.05) is 0 Å². The van der Waals surface area contributed by atoms with Gasteiger partial charge in [-0.25, -0.2) is 15.1 Å². The molecule has 0 radical (unpaired) electrons. The predicted octanol–water partition coefficient (Wildman–Crippen LogP) is 2.22. The van der Waals surface area contributed by atoms with Gasteiger partial charge in [-0.3, -0.25) is 13.7 Å². The van der Waals surface area contributed by atoms with Crippen LogP contribution in [-0.4, -0.2) is 60.3 Å². The molecule has 1 fully saturated rings. The van der Waals surface area contributed by atoms with Gasteiger partial charge in [-0.15, -0.1) is 11.3 Å². The number of hydrogen-bond acceptors (Lipinski definition) is 10. The van der Waals surface area contributed by atoms with E-state index in [1.54, 1.807) is 6.20 Å². The summed E-state index contributed by atoms with van der Waals surface area (Å²) in [6.07, 6.45) is 6.88. The Bertz CT molecular complexity index is 1370. The number of ether oxygens (including phenoxy) is 1. The van der Waals surface area contributed by atoms with Crippen molar-refractivity contribution in [2.24, 2.45) is 11.1 Å². The summed E-state index contributed by atoms with van der Waals surface area (Å²) in [4.78, 5) is 24.7. The molecule has 0 bridgehead atoms. The van der Waals surface area contributed by atoms with Crippen LogP contribution in [0.25, 0.3) is 0 Å². The highest BCUT2D eigenvalue weighted by atomic mass is 32.2. The average Bonchev–Trinajstić information content (AvgIpc) is 3.62. The van der Waals surface area contributed by atoms with Gasteiger partial charge in [0.25, 0.3) is 0 Å². The maximum Gasteiger partial charge on any atom is 0.333 e. The quantitative estimate of drug-likeness (QED) is 0.432. The normalized spacial score (nSPS) is 21.9. The largest absolute Gasteiger partial charge is 0.365 e. The van der Waals surface area contributed by atoms with Crippen LogP contribution in [0.1, 0.15) is 57.4 Å². The maximum absolute atomic E-state index is 13.6. The zero-order valence-electron chi connectivity index (χ0n) is 20.0. The third-order valence-corrected chi connectivity index (χ3v) is 8.27. The minimum atomic E-state index is -3.96. The van der Waals surface area contributed by atoms with E-state index in [0.29, 0.717) is 35.8 Å². The molecule has 1 aliphatic heterocycles. The van der Waals surface area contributed by atoms with Crippen LogP contribution in [0.15, 0.2) is 30.2 Å². The van der Waals surface area contributed by atoms with Crippen LogP contribution in [0.2, 0.25) is 0 Å². The minimum absolute atomic E-state index is 0.0539. The number of fused-ring (bicyclic) bond motifs is 1. The Morgan fingerprint density at radius 3 is 3.00 bits per heavy atom. The van der Waals surface area contributed by atoms with Crippen LogP contribution in [-0.2, 0) is 25.8 Å². The van der Waals surface area contributed by atoms with E-state index in [0.717, 1.165) is 29.7 Å². The van der Waals surface area contributed by atoms with Gasteiger partial charge < -0.3 is 9.64 Å². The second kappa shape index (κ2) is 9.98. The van der Waals surface area contributed by atoms with Crippen LogP contribution < -0.4 is 10.0 Å². The second-order valence-electron chi connectivity index (χ2n) is 9.24. The van der Waals surface area contributed by atoms with Gasteiger partial charge in [-0.2, -0.15) is 13.5 Å². The lowest BCUT2D eigenvalue weighted by Gasteiger charge is -2.27. The van der Waals surface area contributed by atoms with Crippen LogP contribution in [0.5, 0.6) is 0 Å². The van der Waals surface area contributed by atoms with E-state index < -0.39 is 10.3 Å². The standard InChI is InChI=1S/C23H28N6O5S2/c1-14-9-27-29-5-6-33-22(20(14)29)16-8-19(35-12-16)21(30)18-10-25-13-26-23(18)28(2)17-4-3-15(7-17)11-34-36(24,31)32/h8-10,12-13,15,17,22H,3-7,11H2,1-2H3,(H2,24,31,32)/t15-,17+,22?/m1/s1. The fraction of sp³-hybridized carbons (Fsp3) is 0.478. The van der Waals surface area contributed by atoms with Crippen LogP contribution >= 0.6 is 11.3 Å². The molecule has 3 atom stereocenters. The molecule has 0 amide bonds. The highest BCUT2D eigenvalue weighted by molar-refractivity contribution is 7.84. The Hall–Kier alpha value is -2.71. The third-order valence-electron chi connectivity index (χ3n) is 6.85. The van der Waals surface area contributed by atoms with Crippen molar-refractivity contribution in [2.45, 2.75) is 44.9 Å². The van der Waals surface area contributed by atoms with E-state index in [-0.39, 0.29) is 30.5 Å². The molecule has 36 heavy (non-hydrogen) atoms. The van der Waals surface area contributed by atoms with Crippen molar-refractivity contribution in [3.8, 4) is 0 Å². The molecule has 5 rings (SSSR count). The Morgan fingerprint density at radius 2 is 2.19 bits per heavy atom. The zero-order valence-corrected chi connectivity index (χ0v) is 21.7. The molecule has 192 valence electrons. The topological polar surface area (TPSA) is 143 Å². The smallest absolute Gasteiger partial charge is 0.333 e. The van der Waals surface area contributed by atoms with Crippen molar-refractivity contribution in [3.05, 3.63) is 57.4 Å². The second-order valence-corrected chi connectivity index (χ2v) is 11.4. The monoisotopic (exact) mass is 532 g/mol. The number of nitrogens with zero attached hydrogens (tertiary/aromatic N) is 5. The molecule has 2 aliphatic rings. The van der Waals surface area contributed by atoms with Crippen LogP contribution in [0.3, 0.4) is 0 Å². The first-order chi connectivity index (χ1) is 17.2. The minimum Gasteiger partial charge on any atom is -0.365 e. The van der Waals surface area contributed by atoms with Gasteiger partial charge in [0.2, 0.25) is 5.78 Å². The summed E-state index contributed by atoms with van der Waals surface area (Å²) in [5.74, 6) is 0.455. The van der Waals surface area contributed by atoms with Crippen molar-refractivity contribution < 1.29 is 22.1 Å². The lowest BCUT2D eigenvalue weighted by atomic mass is 10.0. The van der Waals surface area contributed by atoms with Gasteiger partial charge >= 0.3 is 10.3 Å². The molecule has 1 saturated carbocycles. The molecular formula is C23H28N6O5S2. The highest BCUT2D eigenvalue weighted by Crippen LogP contribution is 2.36. The molecule has 2 N–H and O–H groups in total. The van der Waals surface area contributed by atoms with Gasteiger partial charge in [0.05, 0.1) is 42.1 Å². The highest BCUT2D eigenvalue weighted by Gasteiger charge is 2.32. The number of ketones is 1. The molecule has 3 aromatic rings. The fourth-order valence-electron chi connectivity index (χ4n) is 5.02. The molecule has 4 heterocycles. The van der Waals surface area contributed by atoms with Crippen LogP contribution in [0.4, 0.5) is 5.82 Å². The van der Waals surface area contributed by atoms with Crippen LogP contribution in [0, 0.1) is 12.8 Å². The fourth-order valence-corrected chi connectivity index (χ4v) is 6.28. The number of nitrogens with two attached hydrogens (primary N) is 1. The van der Waals surface area contributed by atoms with Gasteiger partial charge in [0, 0.05) is 19.3 Å². The molecule has 0 saturated heterocycles. The third kappa shape index (κ3) is 5.06. The number of rotatable bonds is 8. The number of thiophene rings is 1. The summed E-state index contributed by atoms with van der Waals surface area (Å²) in [7, 11) is -2.07. The maximum atomic E-state index is 13.6. The Labute approximate surface area is 213 Å². The van der Waals surface area contributed by atoms with Crippen molar-refractivity contribution in [1.29, 1.82) is 0 Å². The molecule has 1 aliphatic carbocycles. The molecule has 0 aromatic carbocycles. The van der Waals surface area contributed by atoms with E-state index in [1.807, 2.05) is 41.2 Å². The zero-order chi connectivity index (χ0) is 25.4. The van der Waals surface area contributed by atoms with E-state index in [1.165, 1.54) is 17.7 Å².